The van der Waals surface area contributed by atoms with Crippen LogP contribution in [0.3, 0.4) is 0 Å². The van der Waals surface area contributed by atoms with Crippen LogP contribution in [0, 0.1) is 6.92 Å². The predicted octanol–water partition coefficient (Wildman–Crippen LogP) is 3.28. The Kier molecular flexibility index (Phi) is 5.15. The molecule has 0 amide bonds. The summed E-state index contributed by atoms with van der Waals surface area (Å²) in [6.07, 6.45) is 1.54. The van der Waals surface area contributed by atoms with Crippen LogP contribution in [0.1, 0.15) is 41.9 Å². The molecule has 1 heterocycles. The number of para-hydroxylation sites is 1. The summed E-state index contributed by atoms with van der Waals surface area (Å²) in [5, 5.41) is 0. The Hall–Kier alpha value is -2.36. The average molecular weight is 299 g/mol. The van der Waals surface area contributed by atoms with Gasteiger partial charge in [-0.15, -0.1) is 0 Å². The maximum atomic E-state index is 12.5. The number of hydrogen-bond donors (Lipinski definition) is 0. The van der Waals surface area contributed by atoms with Crippen molar-refractivity contribution in [1.29, 1.82) is 0 Å². The lowest BCUT2D eigenvalue weighted by Gasteiger charge is -2.17. The van der Waals surface area contributed by atoms with E-state index in [1.165, 1.54) is 0 Å². The second-order valence-corrected chi connectivity index (χ2v) is 5.11. The molecule has 4 nitrogen and oxygen atoms in total. The van der Waals surface area contributed by atoms with Crippen molar-refractivity contribution in [1.82, 2.24) is 4.57 Å². The van der Waals surface area contributed by atoms with Crippen molar-refractivity contribution in [2.75, 3.05) is 6.61 Å². The third-order valence-corrected chi connectivity index (χ3v) is 3.55. The van der Waals surface area contributed by atoms with Crippen LogP contribution in [0.2, 0.25) is 0 Å². The smallest absolute Gasteiger partial charge is 0.340 e. The van der Waals surface area contributed by atoms with Gasteiger partial charge in [0.15, 0.2) is 0 Å². The Morgan fingerprint density at radius 2 is 1.86 bits per heavy atom. The zero-order valence-corrected chi connectivity index (χ0v) is 13.3. The lowest BCUT2D eigenvalue weighted by atomic mass is 10.0. The Bertz CT molecular complexity index is 717. The first-order chi connectivity index (χ1) is 10.6. The Labute approximate surface area is 130 Å². The average Bonchev–Trinajstić information content (AvgIpc) is 2.48. The molecule has 2 aromatic rings. The van der Waals surface area contributed by atoms with Crippen molar-refractivity contribution in [3.8, 4) is 5.69 Å². The van der Waals surface area contributed by atoms with E-state index in [1.54, 1.807) is 24.5 Å². The maximum Gasteiger partial charge on any atom is 0.340 e. The highest BCUT2D eigenvalue weighted by Gasteiger charge is 2.20. The summed E-state index contributed by atoms with van der Waals surface area (Å²) in [7, 11) is 0. The maximum absolute atomic E-state index is 12.5. The molecule has 0 spiro atoms. The van der Waals surface area contributed by atoms with Crippen LogP contribution in [0.15, 0.2) is 41.2 Å². The van der Waals surface area contributed by atoms with E-state index in [2.05, 4.69) is 0 Å². The van der Waals surface area contributed by atoms with E-state index in [4.69, 9.17) is 4.74 Å². The van der Waals surface area contributed by atoms with E-state index in [0.29, 0.717) is 24.3 Å². The lowest BCUT2D eigenvalue weighted by Crippen LogP contribution is -2.25. The fourth-order valence-corrected chi connectivity index (χ4v) is 2.64. The zero-order valence-electron chi connectivity index (χ0n) is 13.3. The molecule has 0 fully saturated rings. The first-order valence-electron chi connectivity index (χ1n) is 7.58. The fourth-order valence-electron chi connectivity index (χ4n) is 2.64. The zero-order chi connectivity index (χ0) is 16.1. The third-order valence-electron chi connectivity index (χ3n) is 3.55. The summed E-state index contributed by atoms with van der Waals surface area (Å²) in [4.78, 5) is 24.8. The van der Waals surface area contributed by atoms with Crippen LogP contribution >= 0.6 is 0 Å². The highest BCUT2D eigenvalue weighted by Crippen LogP contribution is 2.18. The molecule has 0 N–H and O–H groups in total. The van der Waals surface area contributed by atoms with Crippen LogP contribution in [-0.2, 0) is 11.2 Å². The molecular weight excluding hydrogens is 278 g/mol. The van der Waals surface area contributed by atoms with Crippen molar-refractivity contribution in [3.05, 3.63) is 63.6 Å². The summed E-state index contributed by atoms with van der Waals surface area (Å²) in [6, 6.07) is 10.9. The molecule has 0 atom stereocenters. The molecule has 116 valence electrons. The molecule has 0 aliphatic carbocycles. The highest BCUT2D eigenvalue weighted by molar-refractivity contribution is 5.92. The number of hydrogen-bond acceptors (Lipinski definition) is 3. The molecule has 2 rings (SSSR count). The number of aryl methyl sites for hydroxylation is 1. The number of pyridine rings is 1. The van der Waals surface area contributed by atoms with Gasteiger partial charge < -0.3 is 4.74 Å². The molecule has 4 heteroatoms. The number of aromatic nitrogens is 1. The molecule has 0 radical (unpaired) electrons. The van der Waals surface area contributed by atoms with Gasteiger partial charge in [-0.05, 0) is 38.0 Å². The monoisotopic (exact) mass is 299 g/mol. The van der Waals surface area contributed by atoms with Crippen LogP contribution < -0.4 is 5.56 Å². The van der Waals surface area contributed by atoms with Crippen LogP contribution in [-0.4, -0.2) is 17.1 Å². The van der Waals surface area contributed by atoms with Gasteiger partial charge >= 0.3 is 5.97 Å². The molecule has 1 aromatic heterocycles. The Morgan fingerprint density at radius 1 is 1.18 bits per heavy atom. The lowest BCUT2D eigenvalue weighted by molar-refractivity contribution is 0.0523. The van der Waals surface area contributed by atoms with E-state index in [-0.39, 0.29) is 11.5 Å². The van der Waals surface area contributed by atoms with Crippen molar-refractivity contribution in [2.45, 2.75) is 33.6 Å². The highest BCUT2D eigenvalue weighted by atomic mass is 16.5. The number of nitrogens with zero attached hydrogens (tertiary/aromatic N) is 1. The molecule has 0 bridgehead atoms. The second-order valence-electron chi connectivity index (χ2n) is 5.11. The predicted molar refractivity (Wildman–Crippen MR) is 86.7 cm³/mol. The van der Waals surface area contributed by atoms with Gasteiger partial charge in [-0.1, -0.05) is 31.5 Å². The summed E-state index contributed by atoms with van der Waals surface area (Å²) in [6.45, 7) is 5.90. The second kappa shape index (κ2) is 7.07. The minimum Gasteiger partial charge on any atom is -0.462 e. The van der Waals surface area contributed by atoms with Gasteiger partial charge in [-0.2, -0.15) is 0 Å². The summed E-state index contributed by atoms with van der Waals surface area (Å²) in [5.41, 5.74) is 2.52. The van der Waals surface area contributed by atoms with Crippen molar-refractivity contribution < 1.29 is 9.53 Å². The molecule has 0 aliphatic rings. The standard InChI is InChI=1S/C18H21NO3/c1-4-9-14-12-16(20)19(15-10-7-6-8-11-15)13(3)17(14)18(21)22-5-2/h6-8,10-12H,4-5,9H2,1-3H3. The van der Waals surface area contributed by atoms with Gasteiger partial charge in [0, 0.05) is 17.4 Å². The molecule has 1 aromatic carbocycles. The largest absolute Gasteiger partial charge is 0.462 e. The number of benzene rings is 1. The number of carbonyl (C=O) groups is 1. The molecule has 0 unspecified atom stereocenters. The number of rotatable bonds is 5. The molecule has 0 aliphatic heterocycles. The van der Waals surface area contributed by atoms with E-state index < -0.39 is 0 Å². The molecule has 0 saturated heterocycles. The van der Waals surface area contributed by atoms with Crippen LogP contribution in [0.5, 0.6) is 0 Å². The van der Waals surface area contributed by atoms with Gasteiger partial charge in [-0.3, -0.25) is 9.36 Å². The van der Waals surface area contributed by atoms with Gasteiger partial charge in [0.2, 0.25) is 0 Å². The summed E-state index contributed by atoms with van der Waals surface area (Å²) < 4.78 is 6.73. The number of esters is 1. The Balaban J connectivity index is 2.69. The van der Waals surface area contributed by atoms with Gasteiger partial charge in [0.25, 0.3) is 5.56 Å². The van der Waals surface area contributed by atoms with Gasteiger partial charge in [0.1, 0.15) is 0 Å². The minimum atomic E-state index is -0.367. The van der Waals surface area contributed by atoms with E-state index >= 15 is 0 Å². The summed E-state index contributed by atoms with van der Waals surface area (Å²) in [5.74, 6) is -0.367. The van der Waals surface area contributed by atoms with Crippen molar-refractivity contribution in [3.63, 3.8) is 0 Å². The van der Waals surface area contributed by atoms with Crippen LogP contribution in [0.4, 0.5) is 0 Å². The molecular formula is C18H21NO3. The van der Waals surface area contributed by atoms with Crippen molar-refractivity contribution >= 4 is 5.97 Å². The number of carbonyl (C=O) groups excluding carboxylic acids is 1. The fraction of sp³-hybridized carbons (Fsp3) is 0.333. The number of ether oxygens (including phenoxy) is 1. The SMILES string of the molecule is CCCc1cc(=O)n(-c2ccccc2)c(C)c1C(=O)OCC. The first kappa shape index (κ1) is 16.0. The quantitative estimate of drug-likeness (QED) is 0.796. The van der Waals surface area contributed by atoms with E-state index in [9.17, 15) is 9.59 Å². The van der Waals surface area contributed by atoms with Gasteiger partial charge in [-0.25, -0.2) is 4.79 Å². The topological polar surface area (TPSA) is 48.3 Å². The molecule has 22 heavy (non-hydrogen) atoms. The van der Waals surface area contributed by atoms with E-state index in [1.807, 2.05) is 37.3 Å². The third kappa shape index (κ3) is 3.11. The van der Waals surface area contributed by atoms with Gasteiger partial charge in [0.05, 0.1) is 12.2 Å². The minimum absolute atomic E-state index is 0.125. The normalized spacial score (nSPS) is 10.5. The first-order valence-corrected chi connectivity index (χ1v) is 7.58. The molecule has 0 saturated carbocycles. The van der Waals surface area contributed by atoms with Crippen molar-refractivity contribution in [2.24, 2.45) is 0 Å². The summed E-state index contributed by atoms with van der Waals surface area (Å²) >= 11 is 0. The van der Waals surface area contributed by atoms with E-state index in [0.717, 1.165) is 17.7 Å². The van der Waals surface area contributed by atoms with Crippen LogP contribution in [0.25, 0.3) is 5.69 Å². The Morgan fingerprint density at radius 3 is 2.45 bits per heavy atom.